The predicted molar refractivity (Wildman–Crippen MR) is 40.8 cm³/mol. The highest BCUT2D eigenvalue weighted by Crippen LogP contribution is 2.06. The van der Waals surface area contributed by atoms with Gasteiger partial charge in [0.05, 0.1) is 18.9 Å². The largest absolute Gasteiger partial charge is 0.392 e. The Labute approximate surface area is 65.3 Å². The second-order valence-electron chi connectivity index (χ2n) is 2.36. The van der Waals surface area contributed by atoms with E-state index < -0.39 is 0 Å². The molecule has 0 aliphatic heterocycles. The van der Waals surface area contributed by atoms with Crippen molar-refractivity contribution in [3.05, 3.63) is 29.1 Å². The average Bonchev–Trinajstić information content (AvgIpc) is 2.04. The number of aliphatic hydroxyl groups excluding tert-OH is 2. The molecule has 0 saturated heterocycles. The molecule has 60 valence electrons. The molecule has 1 heterocycles. The number of aliphatic hydroxyl groups is 2. The van der Waals surface area contributed by atoms with Crippen molar-refractivity contribution >= 4 is 0 Å². The molecule has 2 N–H and O–H groups in total. The zero-order valence-corrected chi connectivity index (χ0v) is 6.41. The average molecular weight is 153 g/mol. The van der Waals surface area contributed by atoms with Crippen molar-refractivity contribution in [2.75, 3.05) is 0 Å². The van der Waals surface area contributed by atoms with Crippen LogP contribution in [0.4, 0.5) is 0 Å². The molecule has 1 aromatic rings. The molecule has 0 unspecified atom stereocenters. The predicted octanol–water partition coefficient (Wildman–Crippen LogP) is 0.375. The fraction of sp³-hybridized carbons (Fsp3) is 0.375. The topological polar surface area (TPSA) is 53.4 Å². The molecule has 0 spiro atoms. The molecule has 1 rings (SSSR count). The van der Waals surface area contributed by atoms with Gasteiger partial charge >= 0.3 is 0 Å². The number of rotatable bonds is 2. The lowest BCUT2D eigenvalue weighted by molar-refractivity contribution is 0.272. The molecule has 0 fully saturated rings. The summed E-state index contributed by atoms with van der Waals surface area (Å²) in [5, 5.41) is 17.5. The molecule has 0 saturated carbocycles. The van der Waals surface area contributed by atoms with Gasteiger partial charge in [0.2, 0.25) is 0 Å². The second-order valence-corrected chi connectivity index (χ2v) is 2.36. The summed E-state index contributed by atoms with van der Waals surface area (Å²) >= 11 is 0. The van der Waals surface area contributed by atoms with Crippen molar-refractivity contribution in [1.82, 2.24) is 4.98 Å². The van der Waals surface area contributed by atoms with Crippen molar-refractivity contribution < 1.29 is 10.2 Å². The third-order valence-electron chi connectivity index (χ3n) is 1.59. The van der Waals surface area contributed by atoms with Crippen LogP contribution >= 0.6 is 0 Å². The maximum Gasteiger partial charge on any atom is 0.0853 e. The van der Waals surface area contributed by atoms with E-state index in [1.165, 1.54) is 0 Å². The van der Waals surface area contributed by atoms with E-state index in [9.17, 15) is 0 Å². The van der Waals surface area contributed by atoms with Crippen LogP contribution in [0.5, 0.6) is 0 Å². The van der Waals surface area contributed by atoms with Crippen LogP contribution in [0.25, 0.3) is 0 Å². The molecule has 0 aliphatic carbocycles. The van der Waals surface area contributed by atoms with Crippen molar-refractivity contribution in [3.63, 3.8) is 0 Å². The van der Waals surface area contributed by atoms with E-state index in [-0.39, 0.29) is 13.2 Å². The lowest BCUT2D eigenvalue weighted by Crippen LogP contribution is -1.96. The Hall–Kier alpha value is -0.930. The van der Waals surface area contributed by atoms with Gasteiger partial charge in [-0.05, 0) is 18.6 Å². The molecular formula is C8H11NO2. The SMILES string of the molecule is Cc1nc(CO)ccc1CO. The monoisotopic (exact) mass is 153 g/mol. The van der Waals surface area contributed by atoms with Crippen LogP contribution in [0, 0.1) is 6.92 Å². The Morgan fingerprint density at radius 3 is 2.45 bits per heavy atom. The quantitative estimate of drug-likeness (QED) is 0.645. The van der Waals surface area contributed by atoms with Gasteiger partial charge < -0.3 is 10.2 Å². The number of hydrogen-bond acceptors (Lipinski definition) is 3. The Kier molecular flexibility index (Phi) is 2.57. The molecule has 1 aromatic heterocycles. The molecule has 0 radical (unpaired) electrons. The Morgan fingerprint density at radius 2 is 2.00 bits per heavy atom. The summed E-state index contributed by atoms with van der Waals surface area (Å²) in [6.45, 7) is 1.77. The van der Waals surface area contributed by atoms with Gasteiger partial charge in [-0.1, -0.05) is 6.07 Å². The lowest BCUT2D eigenvalue weighted by atomic mass is 10.2. The number of pyridine rings is 1. The fourth-order valence-corrected chi connectivity index (χ4v) is 0.897. The second kappa shape index (κ2) is 3.46. The molecule has 3 nitrogen and oxygen atoms in total. The van der Waals surface area contributed by atoms with Gasteiger partial charge in [0.1, 0.15) is 0 Å². The van der Waals surface area contributed by atoms with Gasteiger partial charge in [0, 0.05) is 5.69 Å². The number of aromatic nitrogens is 1. The fourth-order valence-electron chi connectivity index (χ4n) is 0.897. The number of hydrogen-bond donors (Lipinski definition) is 2. The Balaban J connectivity index is 2.99. The smallest absolute Gasteiger partial charge is 0.0853 e. The zero-order chi connectivity index (χ0) is 8.27. The van der Waals surface area contributed by atoms with Gasteiger partial charge in [0.15, 0.2) is 0 Å². The maximum atomic E-state index is 8.78. The van der Waals surface area contributed by atoms with E-state index in [1.54, 1.807) is 12.1 Å². The van der Waals surface area contributed by atoms with E-state index >= 15 is 0 Å². The highest BCUT2D eigenvalue weighted by molar-refractivity contribution is 5.20. The number of nitrogens with zero attached hydrogens (tertiary/aromatic N) is 1. The molecule has 0 atom stereocenters. The van der Waals surface area contributed by atoms with Crippen LogP contribution in [0.15, 0.2) is 12.1 Å². The third-order valence-corrected chi connectivity index (χ3v) is 1.59. The Bertz CT molecular complexity index is 248. The number of aryl methyl sites for hydroxylation is 1. The van der Waals surface area contributed by atoms with Crippen molar-refractivity contribution in [3.8, 4) is 0 Å². The van der Waals surface area contributed by atoms with Crippen LogP contribution in [0.1, 0.15) is 17.0 Å². The molecule has 3 heteroatoms. The minimum atomic E-state index is -0.0491. The van der Waals surface area contributed by atoms with E-state index in [0.29, 0.717) is 5.69 Å². The molecule has 11 heavy (non-hydrogen) atoms. The van der Waals surface area contributed by atoms with Crippen LogP contribution in [-0.4, -0.2) is 15.2 Å². The van der Waals surface area contributed by atoms with Gasteiger partial charge in [-0.3, -0.25) is 4.98 Å². The van der Waals surface area contributed by atoms with Gasteiger partial charge in [-0.25, -0.2) is 0 Å². The van der Waals surface area contributed by atoms with Crippen LogP contribution in [-0.2, 0) is 13.2 Å². The highest BCUT2D eigenvalue weighted by atomic mass is 16.3. The van der Waals surface area contributed by atoms with Gasteiger partial charge in [0.25, 0.3) is 0 Å². The first-order valence-corrected chi connectivity index (χ1v) is 3.45. The van der Waals surface area contributed by atoms with E-state index in [1.807, 2.05) is 6.92 Å². The summed E-state index contributed by atoms with van der Waals surface area (Å²) in [6.07, 6.45) is 0. The third kappa shape index (κ3) is 1.76. The molecule has 0 aromatic carbocycles. The van der Waals surface area contributed by atoms with Crippen molar-refractivity contribution in [2.24, 2.45) is 0 Å². The highest BCUT2D eigenvalue weighted by Gasteiger charge is 1.98. The first-order valence-electron chi connectivity index (χ1n) is 3.45. The minimum absolute atomic E-state index is 0.00451. The normalized spacial score (nSPS) is 10.1. The summed E-state index contributed by atoms with van der Waals surface area (Å²) in [4.78, 5) is 4.05. The zero-order valence-electron chi connectivity index (χ0n) is 6.41. The van der Waals surface area contributed by atoms with E-state index in [2.05, 4.69) is 4.98 Å². The Morgan fingerprint density at radius 1 is 1.27 bits per heavy atom. The molecule has 0 aliphatic rings. The van der Waals surface area contributed by atoms with Gasteiger partial charge in [-0.2, -0.15) is 0 Å². The summed E-state index contributed by atoms with van der Waals surface area (Å²) < 4.78 is 0. The summed E-state index contributed by atoms with van der Waals surface area (Å²) in [5.74, 6) is 0. The van der Waals surface area contributed by atoms with Gasteiger partial charge in [-0.15, -0.1) is 0 Å². The van der Waals surface area contributed by atoms with E-state index in [0.717, 1.165) is 11.3 Å². The van der Waals surface area contributed by atoms with E-state index in [4.69, 9.17) is 10.2 Å². The summed E-state index contributed by atoms with van der Waals surface area (Å²) in [6, 6.07) is 3.48. The minimum Gasteiger partial charge on any atom is -0.392 e. The first kappa shape index (κ1) is 8.17. The maximum absolute atomic E-state index is 8.78. The standard InChI is InChI=1S/C8H11NO2/c1-6-7(4-10)2-3-8(5-11)9-6/h2-3,10-11H,4-5H2,1H3. The van der Waals surface area contributed by atoms with Crippen molar-refractivity contribution in [2.45, 2.75) is 20.1 Å². The van der Waals surface area contributed by atoms with Crippen molar-refractivity contribution in [1.29, 1.82) is 0 Å². The van der Waals surface area contributed by atoms with Crippen LogP contribution in [0.2, 0.25) is 0 Å². The lowest BCUT2D eigenvalue weighted by Gasteiger charge is -2.02. The molecule has 0 bridgehead atoms. The van der Waals surface area contributed by atoms with Crippen LogP contribution in [0.3, 0.4) is 0 Å². The molecular weight excluding hydrogens is 142 g/mol. The molecule has 0 amide bonds. The first-order chi connectivity index (χ1) is 5.27. The van der Waals surface area contributed by atoms with Crippen LogP contribution < -0.4 is 0 Å². The summed E-state index contributed by atoms with van der Waals surface area (Å²) in [5.41, 5.74) is 2.22. The summed E-state index contributed by atoms with van der Waals surface area (Å²) in [7, 11) is 0.